The van der Waals surface area contributed by atoms with Crippen molar-refractivity contribution >= 4 is 18.1 Å². The minimum absolute atomic E-state index is 0.124. The Hall–Kier alpha value is -1.91. The van der Waals surface area contributed by atoms with Crippen LogP contribution in [0.5, 0.6) is 0 Å². The van der Waals surface area contributed by atoms with Crippen molar-refractivity contribution in [3.8, 4) is 0 Å². The number of carbonyl (C=O) groups is 3. The van der Waals surface area contributed by atoms with Crippen molar-refractivity contribution in [2.45, 2.75) is 234 Å². The number of rotatable bonds is 43. The number of carbonyl (C=O) groups excluding carboxylic acids is 3. The molecule has 0 radical (unpaired) electrons. The lowest BCUT2D eigenvalue weighted by Crippen LogP contribution is -2.46. The number of ether oxygens (including phenoxy) is 4. The molecule has 10 heteroatoms. The van der Waals surface area contributed by atoms with Crippen molar-refractivity contribution in [3.63, 3.8) is 0 Å². The van der Waals surface area contributed by atoms with Crippen LogP contribution in [0.2, 0.25) is 0 Å². The number of hydrogen-bond donors (Lipinski definition) is 1. The molecule has 0 fully saturated rings. The minimum atomic E-state index is -1.37. The second kappa shape index (κ2) is 41.8. The number of likely N-dealkylation sites (N-methyl/N-ethyl adjacent to an activating group) is 1. The number of nitrogens with zero attached hydrogens (tertiary/aromatic N) is 2. The SMILES string of the molecule is CCCCCCCCCC(CCCCCC)OC(=O)OCCN(CCOC(=O)CCCCCCC)CCN(CC)C(O)C(=O)OCCC(CCCCC)CCCCC. The minimum Gasteiger partial charge on any atom is -0.464 e. The summed E-state index contributed by atoms with van der Waals surface area (Å²) in [5.41, 5.74) is 0. The highest BCUT2D eigenvalue weighted by Gasteiger charge is 2.25. The molecule has 0 aromatic rings. The molecule has 0 saturated carbocycles. The maximum atomic E-state index is 13.0. The Morgan fingerprint density at radius 2 is 0.948 bits per heavy atom. The van der Waals surface area contributed by atoms with Crippen LogP contribution < -0.4 is 0 Å². The van der Waals surface area contributed by atoms with Gasteiger partial charge in [-0.2, -0.15) is 0 Å². The van der Waals surface area contributed by atoms with Gasteiger partial charge in [-0.25, -0.2) is 9.59 Å². The highest BCUT2D eigenvalue weighted by Crippen LogP contribution is 2.21. The summed E-state index contributed by atoms with van der Waals surface area (Å²) >= 11 is 0. The van der Waals surface area contributed by atoms with E-state index < -0.39 is 18.4 Å². The molecular weight excluding hydrogens is 733 g/mol. The molecule has 0 aliphatic heterocycles. The molecule has 0 aromatic heterocycles. The highest BCUT2D eigenvalue weighted by molar-refractivity contribution is 5.73. The van der Waals surface area contributed by atoms with Crippen LogP contribution in [-0.2, 0) is 28.5 Å². The van der Waals surface area contributed by atoms with Gasteiger partial charge in [-0.3, -0.25) is 14.6 Å². The third-order valence-electron chi connectivity index (χ3n) is 11.4. The molecule has 2 atom stereocenters. The van der Waals surface area contributed by atoms with Crippen LogP contribution in [0, 0.1) is 5.92 Å². The van der Waals surface area contributed by atoms with E-state index in [1.807, 2.05) is 11.8 Å². The van der Waals surface area contributed by atoms with E-state index in [1.165, 1.54) is 83.5 Å². The number of hydrogen-bond acceptors (Lipinski definition) is 10. The Bertz CT molecular complexity index is 927. The van der Waals surface area contributed by atoms with Crippen LogP contribution in [0.25, 0.3) is 0 Å². The summed E-state index contributed by atoms with van der Waals surface area (Å²) < 4.78 is 22.7. The fourth-order valence-electron chi connectivity index (χ4n) is 7.46. The van der Waals surface area contributed by atoms with E-state index in [1.54, 1.807) is 4.90 Å². The fourth-order valence-corrected chi connectivity index (χ4v) is 7.46. The van der Waals surface area contributed by atoms with Crippen molar-refractivity contribution in [3.05, 3.63) is 0 Å². The van der Waals surface area contributed by atoms with Gasteiger partial charge in [0.1, 0.15) is 19.3 Å². The highest BCUT2D eigenvalue weighted by atomic mass is 16.7. The summed E-state index contributed by atoms with van der Waals surface area (Å²) in [5.74, 6) is -0.280. The lowest BCUT2D eigenvalue weighted by atomic mass is 9.92. The summed E-state index contributed by atoms with van der Waals surface area (Å²) in [6.45, 7) is 15.8. The molecule has 344 valence electrons. The molecule has 1 N–H and O–H groups in total. The Kier molecular flexibility index (Phi) is 40.4. The second-order valence-electron chi connectivity index (χ2n) is 16.6. The van der Waals surface area contributed by atoms with Gasteiger partial charge in [0.2, 0.25) is 6.23 Å². The summed E-state index contributed by atoms with van der Waals surface area (Å²) in [6.07, 6.45) is 28.8. The van der Waals surface area contributed by atoms with E-state index in [-0.39, 0.29) is 25.3 Å². The first-order valence-electron chi connectivity index (χ1n) is 24.6. The van der Waals surface area contributed by atoms with Crippen LogP contribution in [0.15, 0.2) is 0 Å². The van der Waals surface area contributed by atoms with Crippen LogP contribution in [0.1, 0.15) is 221 Å². The van der Waals surface area contributed by atoms with Crippen molar-refractivity contribution in [2.24, 2.45) is 5.92 Å². The zero-order chi connectivity index (χ0) is 42.9. The van der Waals surface area contributed by atoms with Crippen LogP contribution in [0.3, 0.4) is 0 Å². The average molecular weight is 827 g/mol. The van der Waals surface area contributed by atoms with E-state index in [9.17, 15) is 19.5 Å². The van der Waals surface area contributed by atoms with Gasteiger partial charge >= 0.3 is 18.1 Å². The lowest BCUT2D eigenvalue weighted by molar-refractivity contribution is -0.165. The first kappa shape index (κ1) is 56.1. The molecule has 0 aromatic carbocycles. The van der Waals surface area contributed by atoms with Crippen LogP contribution >= 0.6 is 0 Å². The van der Waals surface area contributed by atoms with E-state index in [4.69, 9.17) is 18.9 Å². The maximum absolute atomic E-state index is 13.0. The van der Waals surface area contributed by atoms with Gasteiger partial charge in [-0.15, -0.1) is 0 Å². The van der Waals surface area contributed by atoms with Crippen molar-refractivity contribution in [1.82, 2.24) is 9.80 Å². The van der Waals surface area contributed by atoms with E-state index in [0.717, 1.165) is 89.9 Å². The average Bonchev–Trinajstić information content (AvgIpc) is 3.21. The predicted octanol–water partition coefficient (Wildman–Crippen LogP) is 12.2. The molecule has 0 aliphatic carbocycles. The monoisotopic (exact) mass is 827 g/mol. The second-order valence-corrected chi connectivity index (χ2v) is 16.6. The number of unbranched alkanes of at least 4 members (excludes halogenated alkanes) is 17. The van der Waals surface area contributed by atoms with Gasteiger partial charge < -0.3 is 24.1 Å². The standard InChI is InChI=1S/C48H94N2O8/c1-7-13-18-21-22-24-28-33-44(32-27-20-15-9-3)58-48(54)57-42-39-49(38-41-55-45(51)34-29-23-19-14-8-2)36-37-50(12-6)46(52)47(53)56-40-35-43(30-25-16-10-4)31-26-17-11-5/h43-44,46,52H,7-42H2,1-6H3. The normalized spacial score (nSPS) is 12.7. The lowest BCUT2D eigenvalue weighted by Gasteiger charge is -2.29. The number of aliphatic hydroxyl groups is 1. The van der Waals surface area contributed by atoms with Crippen molar-refractivity contribution in [1.29, 1.82) is 0 Å². The zero-order valence-corrected chi connectivity index (χ0v) is 38.9. The van der Waals surface area contributed by atoms with Crippen LogP contribution in [-0.4, -0.2) is 97.9 Å². The van der Waals surface area contributed by atoms with E-state index in [2.05, 4.69) is 34.6 Å². The zero-order valence-electron chi connectivity index (χ0n) is 38.9. The maximum Gasteiger partial charge on any atom is 0.508 e. The van der Waals surface area contributed by atoms with Gasteiger partial charge in [0.25, 0.3) is 0 Å². The van der Waals surface area contributed by atoms with E-state index in [0.29, 0.717) is 51.7 Å². The molecule has 0 rings (SSSR count). The molecule has 0 saturated heterocycles. The Morgan fingerprint density at radius 1 is 0.483 bits per heavy atom. The van der Waals surface area contributed by atoms with Gasteiger partial charge in [0.05, 0.1) is 6.61 Å². The summed E-state index contributed by atoms with van der Waals surface area (Å²) in [6, 6.07) is 0. The first-order valence-corrected chi connectivity index (χ1v) is 24.6. The number of aliphatic hydroxyl groups excluding tert-OH is 1. The molecule has 0 bridgehead atoms. The van der Waals surface area contributed by atoms with Gasteiger partial charge in [0.15, 0.2) is 0 Å². The molecule has 58 heavy (non-hydrogen) atoms. The smallest absolute Gasteiger partial charge is 0.464 e. The largest absolute Gasteiger partial charge is 0.508 e. The summed E-state index contributed by atoms with van der Waals surface area (Å²) in [5, 5.41) is 11.0. The molecule has 0 aliphatic rings. The molecule has 10 nitrogen and oxygen atoms in total. The Balaban J connectivity index is 5.25. The number of esters is 2. The molecule has 0 spiro atoms. The molecule has 0 heterocycles. The molecule has 0 amide bonds. The van der Waals surface area contributed by atoms with Crippen LogP contribution in [0.4, 0.5) is 4.79 Å². The quantitative estimate of drug-likeness (QED) is 0.0276. The first-order chi connectivity index (χ1) is 28.3. The third-order valence-corrected chi connectivity index (χ3v) is 11.4. The van der Waals surface area contributed by atoms with Gasteiger partial charge in [-0.05, 0) is 51.0 Å². The fraction of sp³-hybridized carbons (Fsp3) is 0.938. The Labute approximate surface area is 357 Å². The van der Waals surface area contributed by atoms with Gasteiger partial charge in [-0.1, -0.05) is 176 Å². The molecular formula is C48H94N2O8. The third kappa shape index (κ3) is 33.9. The summed E-state index contributed by atoms with van der Waals surface area (Å²) in [7, 11) is 0. The summed E-state index contributed by atoms with van der Waals surface area (Å²) in [4.78, 5) is 42.1. The van der Waals surface area contributed by atoms with Gasteiger partial charge in [0, 0.05) is 32.6 Å². The Morgan fingerprint density at radius 3 is 1.50 bits per heavy atom. The van der Waals surface area contributed by atoms with E-state index >= 15 is 0 Å². The van der Waals surface area contributed by atoms with Crippen molar-refractivity contribution < 1.29 is 38.4 Å². The molecule has 2 unspecified atom stereocenters. The van der Waals surface area contributed by atoms with Crippen molar-refractivity contribution in [2.75, 3.05) is 52.5 Å². The predicted molar refractivity (Wildman–Crippen MR) is 239 cm³/mol. The topological polar surface area (TPSA) is 115 Å².